The predicted octanol–water partition coefficient (Wildman–Crippen LogP) is 3.94. The Bertz CT molecular complexity index is 556. The Morgan fingerprint density at radius 2 is 1.52 bits per heavy atom. The van der Waals surface area contributed by atoms with E-state index in [4.69, 9.17) is 14.2 Å². The van der Waals surface area contributed by atoms with Gasteiger partial charge < -0.3 is 19.3 Å². The first-order valence-corrected chi connectivity index (χ1v) is 6.86. The summed E-state index contributed by atoms with van der Waals surface area (Å²) in [6, 6.07) is 12.8. The number of benzene rings is 2. The molecule has 0 saturated heterocycles. The Morgan fingerprint density at radius 3 is 2.00 bits per heavy atom. The zero-order chi connectivity index (χ0) is 15.2. The van der Waals surface area contributed by atoms with E-state index in [9.17, 15) is 5.11 Å². The lowest BCUT2D eigenvalue weighted by Crippen LogP contribution is -1.96. The second-order valence-electron chi connectivity index (χ2n) is 4.59. The highest BCUT2D eigenvalue weighted by molar-refractivity contribution is 5.53. The molecule has 2 aromatic rings. The quantitative estimate of drug-likeness (QED) is 0.874. The molecule has 2 aromatic carbocycles. The molecule has 0 aromatic heterocycles. The Balaban J connectivity index is 2.26. The van der Waals surface area contributed by atoms with Crippen LogP contribution in [0.1, 0.15) is 25.0 Å². The minimum atomic E-state index is -0.445. The van der Waals surface area contributed by atoms with Gasteiger partial charge in [-0.1, -0.05) is 25.1 Å². The lowest BCUT2D eigenvalue weighted by Gasteiger charge is -2.14. The molecule has 0 aliphatic carbocycles. The van der Waals surface area contributed by atoms with Crippen molar-refractivity contribution in [2.75, 3.05) is 14.2 Å². The van der Waals surface area contributed by atoms with Gasteiger partial charge in [-0.25, -0.2) is 0 Å². The molecule has 0 amide bonds. The summed E-state index contributed by atoms with van der Waals surface area (Å²) in [4.78, 5) is 0. The molecule has 0 fully saturated rings. The standard InChI is InChI=1S/C17H20O4/c1-4-14(18)12-8-10-13(11-9-12)21-17-15(19-2)6-5-7-16(17)20-3/h5-11,14,18H,4H2,1-3H3. The van der Waals surface area contributed by atoms with Crippen LogP contribution in [0.2, 0.25) is 0 Å². The maximum atomic E-state index is 9.79. The van der Waals surface area contributed by atoms with Crippen molar-refractivity contribution in [2.45, 2.75) is 19.4 Å². The highest BCUT2D eigenvalue weighted by Gasteiger charge is 2.12. The number of methoxy groups -OCH3 is 2. The maximum absolute atomic E-state index is 9.79. The van der Waals surface area contributed by atoms with Crippen LogP contribution in [0.25, 0.3) is 0 Å². The molecular formula is C17H20O4. The van der Waals surface area contributed by atoms with Crippen LogP contribution in [-0.2, 0) is 0 Å². The van der Waals surface area contributed by atoms with Crippen LogP contribution in [0.15, 0.2) is 42.5 Å². The molecule has 21 heavy (non-hydrogen) atoms. The van der Waals surface area contributed by atoms with Gasteiger partial charge in [0.2, 0.25) is 5.75 Å². The summed E-state index contributed by atoms with van der Waals surface area (Å²) in [5.41, 5.74) is 0.872. The molecule has 2 rings (SSSR count). The average Bonchev–Trinajstić information content (AvgIpc) is 2.55. The molecule has 112 valence electrons. The maximum Gasteiger partial charge on any atom is 0.210 e. The minimum Gasteiger partial charge on any atom is -0.493 e. The second kappa shape index (κ2) is 6.99. The lowest BCUT2D eigenvalue weighted by molar-refractivity contribution is 0.173. The van der Waals surface area contributed by atoms with Crippen LogP contribution in [-0.4, -0.2) is 19.3 Å². The van der Waals surface area contributed by atoms with E-state index in [1.165, 1.54) is 0 Å². The van der Waals surface area contributed by atoms with Crippen molar-refractivity contribution in [3.8, 4) is 23.0 Å². The molecule has 1 atom stereocenters. The van der Waals surface area contributed by atoms with E-state index in [0.717, 1.165) is 5.56 Å². The number of aliphatic hydroxyl groups is 1. The summed E-state index contributed by atoms with van der Waals surface area (Å²) in [5.74, 6) is 2.40. The fourth-order valence-electron chi connectivity index (χ4n) is 2.03. The van der Waals surface area contributed by atoms with Gasteiger partial charge in [-0.2, -0.15) is 0 Å². The highest BCUT2D eigenvalue weighted by Crippen LogP contribution is 2.40. The van der Waals surface area contributed by atoms with Crippen molar-refractivity contribution in [3.63, 3.8) is 0 Å². The van der Waals surface area contributed by atoms with Gasteiger partial charge in [0.05, 0.1) is 20.3 Å². The third-order valence-electron chi connectivity index (χ3n) is 3.25. The van der Waals surface area contributed by atoms with Crippen LogP contribution in [0.4, 0.5) is 0 Å². The molecule has 0 bridgehead atoms. The van der Waals surface area contributed by atoms with E-state index in [-0.39, 0.29) is 0 Å². The van der Waals surface area contributed by atoms with E-state index in [2.05, 4.69) is 0 Å². The molecule has 4 nitrogen and oxygen atoms in total. The lowest BCUT2D eigenvalue weighted by atomic mass is 10.1. The normalized spacial score (nSPS) is 11.8. The van der Waals surface area contributed by atoms with Gasteiger partial charge >= 0.3 is 0 Å². The van der Waals surface area contributed by atoms with Crippen LogP contribution in [0.5, 0.6) is 23.0 Å². The zero-order valence-corrected chi connectivity index (χ0v) is 12.5. The summed E-state index contributed by atoms with van der Waals surface area (Å²) in [5, 5.41) is 9.79. The smallest absolute Gasteiger partial charge is 0.210 e. The molecular weight excluding hydrogens is 268 g/mol. The topological polar surface area (TPSA) is 47.9 Å². The Morgan fingerprint density at radius 1 is 0.952 bits per heavy atom. The van der Waals surface area contributed by atoms with Crippen LogP contribution < -0.4 is 14.2 Å². The van der Waals surface area contributed by atoms with Crippen molar-refractivity contribution >= 4 is 0 Å². The Labute approximate surface area is 124 Å². The minimum absolute atomic E-state index is 0.445. The Kier molecular flexibility index (Phi) is 5.06. The number of ether oxygens (including phenoxy) is 3. The summed E-state index contributed by atoms with van der Waals surface area (Å²) in [6.45, 7) is 1.94. The first-order valence-electron chi connectivity index (χ1n) is 6.86. The monoisotopic (exact) mass is 288 g/mol. The van der Waals surface area contributed by atoms with Crippen LogP contribution in [0, 0.1) is 0 Å². The number of rotatable bonds is 6. The molecule has 0 aliphatic heterocycles. The van der Waals surface area contributed by atoms with Crippen LogP contribution >= 0.6 is 0 Å². The summed E-state index contributed by atoms with van der Waals surface area (Å²) in [6.07, 6.45) is 0.237. The van der Waals surface area contributed by atoms with Gasteiger partial charge in [-0.15, -0.1) is 0 Å². The number of hydrogen-bond donors (Lipinski definition) is 1. The number of aliphatic hydroxyl groups excluding tert-OH is 1. The first-order chi connectivity index (χ1) is 10.2. The van der Waals surface area contributed by atoms with Crippen molar-refractivity contribution in [1.29, 1.82) is 0 Å². The van der Waals surface area contributed by atoms with Gasteiger partial charge in [0.25, 0.3) is 0 Å². The fraction of sp³-hybridized carbons (Fsp3) is 0.294. The molecule has 0 spiro atoms. The highest BCUT2D eigenvalue weighted by atomic mass is 16.5. The van der Waals surface area contributed by atoms with Crippen molar-refractivity contribution < 1.29 is 19.3 Å². The molecule has 4 heteroatoms. The average molecular weight is 288 g/mol. The molecule has 0 heterocycles. The van der Waals surface area contributed by atoms with Crippen molar-refractivity contribution in [3.05, 3.63) is 48.0 Å². The van der Waals surface area contributed by atoms with Gasteiger partial charge in [0.1, 0.15) is 5.75 Å². The first kappa shape index (κ1) is 15.2. The third kappa shape index (κ3) is 3.47. The summed E-state index contributed by atoms with van der Waals surface area (Å²) < 4.78 is 16.4. The zero-order valence-electron chi connectivity index (χ0n) is 12.5. The summed E-state index contributed by atoms with van der Waals surface area (Å²) in [7, 11) is 3.17. The molecule has 1 N–H and O–H groups in total. The Hall–Kier alpha value is -2.20. The number of hydrogen-bond acceptors (Lipinski definition) is 4. The van der Waals surface area contributed by atoms with E-state index in [1.54, 1.807) is 14.2 Å². The molecule has 0 saturated carbocycles. The number of para-hydroxylation sites is 1. The van der Waals surface area contributed by atoms with Crippen LogP contribution in [0.3, 0.4) is 0 Å². The SMILES string of the molecule is CCC(O)c1ccc(Oc2c(OC)cccc2OC)cc1. The van der Waals surface area contributed by atoms with Crippen molar-refractivity contribution in [2.24, 2.45) is 0 Å². The second-order valence-corrected chi connectivity index (χ2v) is 4.59. The van der Waals surface area contributed by atoms with Gasteiger partial charge in [-0.3, -0.25) is 0 Å². The van der Waals surface area contributed by atoms with Gasteiger partial charge in [0.15, 0.2) is 11.5 Å². The van der Waals surface area contributed by atoms with E-state index < -0.39 is 6.10 Å². The van der Waals surface area contributed by atoms with Gasteiger partial charge in [0, 0.05) is 0 Å². The molecule has 0 radical (unpaired) electrons. The molecule has 1 unspecified atom stereocenters. The van der Waals surface area contributed by atoms with Gasteiger partial charge in [-0.05, 0) is 36.2 Å². The fourth-order valence-corrected chi connectivity index (χ4v) is 2.03. The third-order valence-corrected chi connectivity index (χ3v) is 3.25. The summed E-state index contributed by atoms with van der Waals surface area (Å²) >= 11 is 0. The van der Waals surface area contributed by atoms with E-state index >= 15 is 0 Å². The van der Waals surface area contributed by atoms with E-state index in [1.807, 2.05) is 49.4 Å². The van der Waals surface area contributed by atoms with E-state index in [0.29, 0.717) is 29.4 Å². The predicted molar refractivity (Wildman–Crippen MR) is 81.3 cm³/mol. The molecule has 0 aliphatic rings. The largest absolute Gasteiger partial charge is 0.493 e. The van der Waals surface area contributed by atoms with Crippen molar-refractivity contribution in [1.82, 2.24) is 0 Å².